The average molecular weight is 197 g/mol. The number of hydrogen-bond donors (Lipinski definition) is 1. The molecule has 0 bridgehead atoms. The van der Waals surface area contributed by atoms with E-state index in [9.17, 15) is 0 Å². The van der Waals surface area contributed by atoms with Gasteiger partial charge in [0.15, 0.2) is 0 Å². The molecule has 1 aromatic rings. The summed E-state index contributed by atoms with van der Waals surface area (Å²) in [7, 11) is 3.30. The molecule has 0 saturated heterocycles. The predicted molar refractivity (Wildman–Crippen MR) is 53.2 cm³/mol. The van der Waals surface area contributed by atoms with E-state index in [1.54, 1.807) is 20.4 Å². The largest absolute Gasteiger partial charge is 0.382 e. The van der Waals surface area contributed by atoms with Crippen molar-refractivity contribution in [3.8, 4) is 0 Å². The fourth-order valence-corrected chi connectivity index (χ4v) is 1.01. The zero-order valence-corrected chi connectivity index (χ0v) is 8.43. The Morgan fingerprint density at radius 2 is 2.36 bits per heavy atom. The fourth-order valence-electron chi connectivity index (χ4n) is 1.01. The van der Waals surface area contributed by atoms with Crippen LogP contribution < -0.4 is 5.32 Å². The number of nitrogens with zero attached hydrogens (tertiary/aromatic N) is 2. The van der Waals surface area contributed by atoms with Crippen LogP contribution in [0, 0.1) is 0 Å². The Hall–Kier alpha value is -1.20. The van der Waals surface area contributed by atoms with E-state index in [0.29, 0.717) is 13.2 Å². The monoisotopic (exact) mass is 197 g/mol. The second-order valence-electron chi connectivity index (χ2n) is 2.80. The average Bonchev–Trinajstić information content (AvgIpc) is 2.25. The molecule has 5 heteroatoms. The van der Waals surface area contributed by atoms with E-state index in [1.165, 1.54) is 0 Å². The molecule has 1 heterocycles. The second-order valence-corrected chi connectivity index (χ2v) is 2.80. The first kappa shape index (κ1) is 10.9. The van der Waals surface area contributed by atoms with Gasteiger partial charge in [-0.3, -0.25) is 0 Å². The number of ether oxygens (including phenoxy) is 2. The van der Waals surface area contributed by atoms with Crippen molar-refractivity contribution in [1.29, 1.82) is 0 Å². The highest BCUT2D eigenvalue weighted by atomic mass is 16.5. The second kappa shape index (κ2) is 6.28. The van der Waals surface area contributed by atoms with Crippen LogP contribution in [0.2, 0.25) is 0 Å². The summed E-state index contributed by atoms with van der Waals surface area (Å²) in [6, 6.07) is 3.68. The third-order valence-corrected chi connectivity index (χ3v) is 1.77. The van der Waals surface area contributed by atoms with Gasteiger partial charge in [-0.25, -0.2) is 0 Å². The van der Waals surface area contributed by atoms with Crippen molar-refractivity contribution in [3.05, 3.63) is 18.3 Å². The van der Waals surface area contributed by atoms with Gasteiger partial charge in [0.1, 0.15) is 5.82 Å². The van der Waals surface area contributed by atoms with E-state index in [1.807, 2.05) is 12.1 Å². The summed E-state index contributed by atoms with van der Waals surface area (Å²) in [5, 5.41) is 10.7. The van der Waals surface area contributed by atoms with Gasteiger partial charge in [0.2, 0.25) is 0 Å². The first-order valence-corrected chi connectivity index (χ1v) is 4.40. The van der Waals surface area contributed by atoms with Crippen LogP contribution in [0.1, 0.15) is 0 Å². The van der Waals surface area contributed by atoms with Gasteiger partial charge in [-0.05, 0) is 12.1 Å². The van der Waals surface area contributed by atoms with E-state index in [2.05, 4.69) is 15.5 Å². The van der Waals surface area contributed by atoms with Crippen LogP contribution >= 0.6 is 0 Å². The molecule has 0 amide bonds. The Morgan fingerprint density at radius 3 is 2.93 bits per heavy atom. The molecule has 14 heavy (non-hydrogen) atoms. The lowest BCUT2D eigenvalue weighted by atomic mass is 10.3. The Bertz CT molecular complexity index is 243. The van der Waals surface area contributed by atoms with Crippen LogP contribution in [-0.4, -0.2) is 43.7 Å². The Balaban J connectivity index is 2.32. The number of hydrogen-bond acceptors (Lipinski definition) is 5. The van der Waals surface area contributed by atoms with Crippen molar-refractivity contribution in [3.63, 3.8) is 0 Å². The molecule has 0 spiro atoms. The summed E-state index contributed by atoms with van der Waals surface area (Å²) in [6.07, 6.45) is 1.66. The SMILES string of the molecule is COCC(CNc1cccnn1)OC. The maximum Gasteiger partial charge on any atom is 0.148 e. The van der Waals surface area contributed by atoms with Crippen molar-refractivity contribution in [2.45, 2.75) is 6.10 Å². The summed E-state index contributed by atoms with van der Waals surface area (Å²) in [5.74, 6) is 0.741. The van der Waals surface area contributed by atoms with Gasteiger partial charge >= 0.3 is 0 Å². The molecular weight excluding hydrogens is 182 g/mol. The van der Waals surface area contributed by atoms with Crippen molar-refractivity contribution >= 4 is 5.82 Å². The number of anilines is 1. The maximum absolute atomic E-state index is 5.18. The Morgan fingerprint density at radius 1 is 1.50 bits per heavy atom. The number of methoxy groups -OCH3 is 2. The van der Waals surface area contributed by atoms with Gasteiger partial charge in [0, 0.05) is 27.0 Å². The molecule has 1 atom stereocenters. The molecule has 0 aliphatic heterocycles. The molecule has 1 N–H and O–H groups in total. The van der Waals surface area contributed by atoms with Crippen molar-refractivity contribution < 1.29 is 9.47 Å². The highest BCUT2D eigenvalue weighted by Gasteiger charge is 2.06. The van der Waals surface area contributed by atoms with Crippen LogP contribution in [0.4, 0.5) is 5.82 Å². The maximum atomic E-state index is 5.18. The van der Waals surface area contributed by atoms with E-state index in [4.69, 9.17) is 9.47 Å². The smallest absolute Gasteiger partial charge is 0.148 e. The fraction of sp³-hybridized carbons (Fsp3) is 0.556. The topological polar surface area (TPSA) is 56.3 Å². The van der Waals surface area contributed by atoms with E-state index >= 15 is 0 Å². The molecule has 0 fully saturated rings. The first-order valence-electron chi connectivity index (χ1n) is 4.40. The summed E-state index contributed by atoms with van der Waals surface area (Å²) >= 11 is 0. The zero-order chi connectivity index (χ0) is 10.2. The molecule has 0 aromatic carbocycles. The van der Waals surface area contributed by atoms with Gasteiger partial charge in [-0.1, -0.05) is 0 Å². The number of aromatic nitrogens is 2. The Kier molecular flexibility index (Phi) is 4.88. The molecular formula is C9H15N3O2. The molecule has 0 saturated carbocycles. The van der Waals surface area contributed by atoms with Gasteiger partial charge < -0.3 is 14.8 Å². The minimum atomic E-state index is 0.0296. The van der Waals surface area contributed by atoms with Crippen LogP contribution in [0.3, 0.4) is 0 Å². The summed E-state index contributed by atoms with van der Waals surface area (Å²) in [4.78, 5) is 0. The minimum Gasteiger partial charge on any atom is -0.382 e. The van der Waals surface area contributed by atoms with Gasteiger partial charge in [0.05, 0.1) is 12.7 Å². The summed E-state index contributed by atoms with van der Waals surface area (Å²) in [6.45, 7) is 1.22. The zero-order valence-electron chi connectivity index (χ0n) is 8.43. The highest BCUT2D eigenvalue weighted by Crippen LogP contribution is 1.99. The van der Waals surface area contributed by atoms with Crippen LogP contribution in [0.25, 0.3) is 0 Å². The minimum absolute atomic E-state index is 0.0296. The van der Waals surface area contributed by atoms with Crippen LogP contribution in [-0.2, 0) is 9.47 Å². The van der Waals surface area contributed by atoms with Gasteiger partial charge in [-0.15, -0.1) is 5.10 Å². The molecule has 1 aromatic heterocycles. The highest BCUT2D eigenvalue weighted by molar-refractivity contribution is 5.31. The molecule has 0 aliphatic rings. The van der Waals surface area contributed by atoms with E-state index < -0.39 is 0 Å². The first-order chi connectivity index (χ1) is 6.86. The standard InChI is InChI=1S/C9H15N3O2/c1-13-7-8(14-2)6-10-9-4-3-5-11-12-9/h3-5,8H,6-7H2,1-2H3,(H,10,12). The molecule has 0 aliphatic carbocycles. The van der Waals surface area contributed by atoms with Crippen molar-refractivity contribution in [2.24, 2.45) is 0 Å². The molecule has 78 valence electrons. The van der Waals surface area contributed by atoms with Crippen LogP contribution in [0.5, 0.6) is 0 Å². The van der Waals surface area contributed by atoms with E-state index in [-0.39, 0.29) is 6.10 Å². The Labute approximate surface area is 83.4 Å². The summed E-state index contributed by atoms with van der Waals surface area (Å²) in [5.41, 5.74) is 0. The lowest BCUT2D eigenvalue weighted by Crippen LogP contribution is -2.26. The van der Waals surface area contributed by atoms with Crippen LogP contribution in [0.15, 0.2) is 18.3 Å². The lowest BCUT2D eigenvalue weighted by molar-refractivity contribution is 0.0365. The number of rotatable bonds is 6. The normalized spacial score (nSPS) is 12.4. The summed E-state index contributed by atoms with van der Waals surface area (Å²) < 4.78 is 10.2. The van der Waals surface area contributed by atoms with E-state index in [0.717, 1.165) is 5.82 Å². The number of nitrogens with one attached hydrogen (secondary N) is 1. The van der Waals surface area contributed by atoms with Crippen molar-refractivity contribution in [2.75, 3.05) is 32.7 Å². The van der Waals surface area contributed by atoms with Crippen molar-refractivity contribution in [1.82, 2.24) is 10.2 Å². The predicted octanol–water partition coefficient (Wildman–Crippen LogP) is 0.550. The quantitative estimate of drug-likeness (QED) is 0.721. The third-order valence-electron chi connectivity index (χ3n) is 1.77. The van der Waals surface area contributed by atoms with Gasteiger partial charge in [-0.2, -0.15) is 5.10 Å². The lowest BCUT2D eigenvalue weighted by Gasteiger charge is -2.14. The molecule has 0 radical (unpaired) electrons. The third kappa shape index (κ3) is 3.68. The molecule has 1 unspecified atom stereocenters. The van der Waals surface area contributed by atoms with Gasteiger partial charge in [0.25, 0.3) is 0 Å². The molecule has 1 rings (SSSR count). The molecule has 5 nitrogen and oxygen atoms in total.